The maximum atomic E-state index is 12.4. The molecule has 0 atom stereocenters. The van der Waals surface area contributed by atoms with Gasteiger partial charge in [-0.15, -0.1) is 10.2 Å². The van der Waals surface area contributed by atoms with Gasteiger partial charge in [-0.25, -0.2) is 0 Å². The molecule has 1 aliphatic carbocycles. The molecule has 0 saturated heterocycles. The Labute approximate surface area is 181 Å². The van der Waals surface area contributed by atoms with Crippen LogP contribution >= 0.6 is 11.8 Å². The number of carbonyl (C=O) groups excluding carboxylic acids is 1. The molecular weight excluding hydrogens is 396 g/mol. The molecule has 2 aromatic carbocycles. The van der Waals surface area contributed by atoms with E-state index in [0.717, 1.165) is 35.7 Å². The fraction of sp³-hybridized carbons (Fsp3) is 0.348. The number of aryl methyl sites for hydroxylation is 1. The Bertz CT molecular complexity index is 1010. The van der Waals surface area contributed by atoms with E-state index in [2.05, 4.69) is 34.6 Å². The van der Waals surface area contributed by atoms with E-state index >= 15 is 0 Å². The summed E-state index contributed by atoms with van der Waals surface area (Å²) in [7, 11) is 1.65. The van der Waals surface area contributed by atoms with Crippen LogP contribution in [-0.4, -0.2) is 39.6 Å². The number of aromatic nitrogens is 3. The van der Waals surface area contributed by atoms with Gasteiger partial charge in [0, 0.05) is 17.7 Å². The van der Waals surface area contributed by atoms with E-state index in [4.69, 9.17) is 4.74 Å². The zero-order valence-corrected chi connectivity index (χ0v) is 18.1. The van der Waals surface area contributed by atoms with Gasteiger partial charge in [-0.2, -0.15) is 0 Å². The molecule has 1 fully saturated rings. The van der Waals surface area contributed by atoms with Crippen molar-refractivity contribution in [3.8, 4) is 22.8 Å². The number of amides is 1. The zero-order chi connectivity index (χ0) is 20.9. The van der Waals surface area contributed by atoms with Crippen molar-refractivity contribution in [1.82, 2.24) is 20.1 Å². The predicted octanol–water partition coefficient (Wildman–Crippen LogP) is 4.40. The molecule has 1 aromatic heterocycles. The van der Waals surface area contributed by atoms with Gasteiger partial charge in [0.2, 0.25) is 5.91 Å². The number of rotatable bonds is 7. The van der Waals surface area contributed by atoms with Crippen molar-refractivity contribution in [3.05, 3.63) is 54.1 Å². The highest BCUT2D eigenvalue weighted by atomic mass is 32.2. The lowest BCUT2D eigenvalue weighted by molar-refractivity contribution is -0.119. The first kappa shape index (κ1) is 20.5. The number of methoxy groups -OCH3 is 1. The quantitative estimate of drug-likeness (QED) is 0.572. The zero-order valence-electron chi connectivity index (χ0n) is 17.3. The highest BCUT2D eigenvalue weighted by Crippen LogP contribution is 2.29. The fourth-order valence-electron chi connectivity index (χ4n) is 3.70. The molecule has 0 aliphatic heterocycles. The van der Waals surface area contributed by atoms with Crippen LogP contribution in [0.25, 0.3) is 17.1 Å². The molecule has 30 heavy (non-hydrogen) atoms. The number of benzene rings is 2. The van der Waals surface area contributed by atoms with E-state index in [1.807, 2.05) is 41.0 Å². The SMILES string of the molecule is COc1cccc(-n2c(SCC(=O)NC3CCCC3)nnc2-c2ccc(C)cc2)c1. The number of nitrogens with one attached hydrogen (secondary N) is 1. The molecule has 0 spiro atoms. The monoisotopic (exact) mass is 422 g/mol. The van der Waals surface area contributed by atoms with Crippen LogP contribution in [0.5, 0.6) is 5.75 Å². The van der Waals surface area contributed by atoms with Crippen molar-refractivity contribution in [2.45, 2.75) is 43.8 Å². The highest BCUT2D eigenvalue weighted by molar-refractivity contribution is 7.99. The Morgan fingerprint density at radius 1 is 1.17 bits per heavy atom. The summed E-state index contributed by atoms with van der Waals surface area (Å²) in [5, 5.41) is 12.7. The van der Waals surface area contributed by atoms with Crippen LogP contribution in [0, 0.1) is 6.92 Å². The van der Waals surface area contributed by atoms with E-state index in [-0.39, 0.29) is 5.91 Å². The van der Waals surface area contributed by atoms with E-state index in [1.165, 1.54) is 30.2 Å². The fourth-order valence-corrected chi connectivity index (χ4v) is 4.47. The van der Waals surface area contributed by atoms with Crippen molar-refractivity contribution in [2.75, 3.05) is 12.9 Å². The van der Waals surface area contributed by atoms with Gasteiger partial charge >= 0.3 is 0 Å². The Morgan fingerprint density at radius 2 is 1.93 bits per heavy atom. The van der Waals surface area contributed by atoms with E-state index in [9.17, 15) is 4.79 Å². The molecule has 0 bridgehead atoms. The van der Waals surface area contributed by atoms with E-state index in [1.54, 1.807) is 7.11 Å². The van der Waals surface area contributed by atoms with Gasteiger partial charge in [0.1, 0.15) is 5.75 Å². The van der Waals surface area contributed by atoms with Crippen LogP contribution < -0.4 is 10.1 Å². The lowest BCUT2D eigenvalue weighted by atomic mass is 10.1. The third kappa shape index (κ3) is 4.67. The van der Waals surface area contributed by atoms with Gasteiger partial charge in [-0.05, 0) is 31.9 Å². The van der Waals surface area contributed by atoms with Gasteiger partial charge in [0.15, 0.2) is 11.0 Å². The maximum absolute atomic E-state index is 12.4. The summed E-state index contributed by atoms with van der Waals surface area (Å²) in [6.45, 7) is 2.06. The first-order valence-corrected chi connectivity index (χ1v) is 11.2. The van der Waals surface area contributed by atoms with Crippen molar-refractivity contribution >= 4 is 17.7 Å². The summed E-state index contributed by atoms with van der Waals surface area (Å²) in [5.74, 6) is 1.85. The second-order valence-corrected chi connectivity index (χ2v) is 8.49. The number of hydrogen-bond acceptors (Lipinski definition) is 5. The van der Waals surface area contributed by atoms with Crippen LogP contribution in [0.4, 0.5) is 0 Å². The minimum Gasteiger partial charge on any atom is -0.497 e. The summed E-state index contributed by atoms with van der Waals surface area (Å²) in [6.07, 6.45) is 4.55. The number of hydrogen-bond donors (Lipinski definition) is 1. The number of carbonyl (C=O) groups is 1. The van der Waals surface area contributed by atoms with Crippen LogP contribution in [0.1, 0.15) is 31.2 Å². The maximum Gasteiger partial charge on any atom is 0.230 e. The molecule has 0 unspecified atom stereocenters. The average Bonchev–Trinajstić information content (AvgIpc) is 3.42. The third-order valence-electron chi connectivity index (χ3n) is 5.31. The number of ether oxygens (including phenoxy) is 1. The molecule has 1 N–H and O–H groups in total. The molecule has 156 valence electrons. The van der Waals surface area contributed by atoms with Crippen molar-refractivity contribution in [3.63, 3.8) is 0 Å². The number of thioether (sulfide) groups is 1. The summed E-state index contributed by atoms with van der Waals surface area (Å²) in [6, 6.07) is 16.3. The van der Waals surface area contributed by atoms with Crippen molar-refractivity contribution < 1.29 is 9.53 Å². The second kappa shape index (κ2) is 9.34. The number of nitrogens with zero attached hydrogens (tertiary/aromatic N) is 3. The predicted molar refractivity (Wildman–Crippen MR) is 119 cm³/mol. The molecule has 1 heterocycles. The van der Waals surface area contributed by atoms with Crippen LogP contribution in [0.2, 0.25) is 0 Å². The molecule has 1 saturated carbocycles. The largest absolute Gasteiger partial charge is 0.497 e. The Kier molecular flexibility index (Phi) is 6.38. The molecule has 6 nitrogen and oxygen atoms in total. The Hall–Kier alpha value is -2.80. The van der Waals surface area contributed by atoms with Crippen LogP contribution in [0.15, 0.2) is 53.7 Å². The first-order chi connectivity index (χ1) is 14.6. The molecule has 4 rings (SSSR count). The lowest BCUT2D eigenvalue weighted by Crippen LogP contribution is -2.33. The highest BCUT2D eigenvalue weighted by Gasteiger charge is 2.20. The molecule has 7 heteroatoms. The van der Waals surface area contributed by atoms with Gasteiger partial charge < -0.3 is 10.1 Å². The van der Waals surface area contributed by atoms with Crippen molar-refractivity contribution in [2.24, 2.45) is 0 Å². The minimum atomic E-state index is 0.0454. The van der Waals surface area contributed by atoms with Crippen LogP contribution in [0.3, 0.4) is 0 Å². The van der Waals surface area contributed by atoms with Gasteiger partial charge in [0.25, 0.3) is 0 Å². The molecule has 3 aromatic rings. The summed E-state index contributed by atoms with van der Waals surface area (Å²) in [5.41, 5.74) is 3.05. The van der Waals surface area contributed by atoms with Gasteiger partial charge in [0.05, 0.1) is 18.6 Å². The third-order valence-corrected chi connectivity index (χ3v) is 6.24. The first-order valence-electron chi connectivity index (χ1n) is 10.2. The van der Waals surface area contributed by atoms with Gasteiger partial charge in [-0.3, -0.25) is 9.36 Å². The smallest absolute Gasteiger partial charge is 0.230 e. The topological polar surface area (TPSA) is 69.0 Å². The second-order valence-electron chi connectivity index (χ2n) is 7.55. The summed E-state index contributed by atoms with van der Waals surface area (Å²) >= 11 is 1.40. The van der Waals surface area contributed by atoms with Crippen LogP contribution in [-0.2, 0) is 4.79 Å². The van der Waals surface area contributed by atoms with Gasteiger partial charge in [-0.1, -0.05) is 60.5 Å². The molecule has 1 aliphatic rings. The minimum absolute atomic E-state index is 0.0454. The standard InChI is InChI=1S/C23H26N4O2S/c1-16-10-12-17(13-11-16)22-25-26-23(27(22)19-8-5-9-20(14-19)29-2)30-15-21(28)24-18-6-3-4-7-18/h5,8-14,18H,3-4,6-7,15H2,1-2H3,(H,24,28). The Morgan fingerprint density at radius 3 is 2.67 bits per heavy atom. The average molecular weight is 423 g/mol. The lowest BCUT2D eigenvalue weighted by Gasteiger charge is -2.13. The molecule has 1 amide bonds. The van der Waals surface area contributed by atoms with E-state index in [0.29, 0.717) is 17.0 Å². The Balaban J connectivity index is 1.62. The molecular formula is C23H26N4O2S. The summed E-state index contributed by atoms with van der Waals surface area (Å²) < 4.78 is 7.39. The normalized spacial score (nSPS) is 14.1. The summed E-state index contributed by atoms with van der Waals surface area (Å²) in [4.78, 5) is 12.4. The van der Waals surface area contributed by atoms with E-state index < -0.39 is 0 Å². The molecule has 0 radical (unpaired) electrons. The van der Waals surface area contributed by atoms with Crippen molar-refractivity contribution in [1.29, 1.82) is 0 Å².